The molecule has 144 valence electrons. The van der Waals surface area contributed by atoms with Crippen LogP contribution in [0.15, 0.2) is 23.1 Å². The monoisotopic (exact) mass is 377 g/mol. The molecule has 1 unspecified atom stereocenters. The highest BCUT2D eigenvalue weighted by molar-refractivity contribution is 5.82. The average Bonchev–Trinajstić information content (AvgIpc) is 3.36. The summed E-state index contributed by atoms with van der Waals surface area (Å²) in [5, 5.41) is 32.1. The molecule has 1 aliphatic rings. The summed E-state index contributed by atoms with van der Waals surface area (Å²) in [6.07, 6.45) is 1.37. The minimum absolute atomic E-state index is 0.0291. The van der Waals surface area contributed by atoms with Crippen LogP contribution in [0.4, 0.5) is 5.82 Å². The highest BCUT2D eigenvalue weighted by atomic mass is 16.6. The van der Waals surface area contributed by atoms with E-state index in [4.69, 9.17) is 13.9 Å². The van der Waals surface area contributed by atoms with Crippen molar-refractivity contribution in [2.24, 2.45) is 0 Å². The van der Waals surface area contributed by atoms with E-state index in [0.717, 1.165) is 0 Å². The summed E-state index contributed by atoms with van der Waals surface area (Å²) in [6, 6.07) is 1.38. The van der Waals surface area contributed by atoms with Gasteiger partial charge in [-0.2, -0.15) is 0 Å². The van der Waals surface area contributed by atoms with Gasteiger partial charge in [-0.1, -0.05) is 0 Å². The van der Waals surface area contributed by atoms with Crippen molar-refractivity contribution in [1.29, 1.82) is 0 Å². The number of aliphatic hydroxyl groups is 2. The zero-order chi connectivity index (χ0) is 19.0. The molecule has 0 spiro atoms. The second kappa shape index (κ2) is 7.02. The first-order valence-electron chi connectivity index (χ1n) is 8.32. The van der Waals surface area contributed by atoms with Crippen LogP contribution in [0, 0.1) is 0 Å². The van der Waals surface area contributed by atoms with E-state index in [9.17, 15) is 15.3 Å². The summed E-state index contributed by atoms with van der Waals surface area (Å²) in [5.41, 5.74) is 1.02. The first-order chi connectivity index (χ1) is 13.1. The lowest BCUT2D eigenvalue weighted by atomic mass is 10.2. The number of anilines is 1. The van der Waals surface area contributed by atoms with Crippen LogP contribution < -0.4 is 10.1 Å². The number of aromatic hydroxyl groups is 1. The number of fused-ring (bicyclic) bond motifs is 1. The molecule has 0 amide bonds. The van der Waals surface area contributed by atoms with Crippen LogP contribution in [-0.2, 0) is 11.3 Å². The van der Waals surface area contributed by atoms with Gasteiger partial charge in [0.25, 0.3) is 5.95 Å². The number of imidazole rings is 1. The van der Waals surface area contributed by atoms with Crippen molar-refractivity contribution < 1.29 is 29.2 Å². The highest BCUT2D eigenvalue weighted by Gasteiger charge is 2.35. The maximum absolute atomic E-state index is 9.94. The molecule has 0 saturated carbocycles. The first kappa shape index (κ1) is 17.5. The number of aromatic nitrogens is 4. The number of rotatable bonds is 6. The van der Waals surface area contributed by atoms with Gasteiger partial charge in [-0.15, -0.1) is 0 Å². The van der Waals surface area contributed by atoms with Crippen molar-refractivity contribution in [3.63, 3.8) is 0 Å². The Morgan fingerprint density at radius 2 is 2.22 bits per heavy atom. The Morgan fingerprint density at radius 3 is 2.93 bits per heavy atom. The van der Waals surface area contributed by atoms with E-state index in [1.54, 1.807) is 10.9 Å². The van der Waals surface area contributed by atoms with Crippen molar-refractivity contribution in [2.75, 3.05) is 19.0 Å². The number of hydrogen-bond donors (Lipinski definition) is 4. The van der Waals surface area contributed by atoms with E-state index >= 15 is 0 Å². The molecular formula is C16H19N5O6. The second-order valence-corrected chi connectivity index (χ2v) is 6.09. The molecular weight excluding hydrogens is 358 g/mol. The fraction of sp³-hybridized carbons (Fsp3) is 0.438. The summed E-state index contributed by atoms with van der Waals surface area (Å²) >= 11 is 0. The minimum Gasteiger partial charge on any atom is -0.504 e. The maximum Gasteiger partial charge on any atom is 0.288 e. The Balaban J connectivity index is 1.56. The largest absolute Gasteiger partial charge is 0.504 e. The quantitative estimate of drug-likeness (QED) is 0.475. The molecule has 3 aromatic rings. The number of hydrogen-bond acceptors (Lipinski definition) is 10. The lowest BCUT2D eigenvalue weighted by molar-refractivity contribution is -0.0432. The van der Waals surface area contributed by atoms with E-state index in [0.29, 0.717) is 29.2 Å². The molecule has 0 aromatic carbocycles. The molecule has 4 N–H and O–H groups in total. The lowest BCUT2D eigenvalue weighted by Crippen LogP contribution is -2.24. The molecule has 3 aromatic heterocycles. The van der Waals surface area contributed by atoms with Gasteiger partial charge in [0, 0.05) is 6.42 Å². The summed E-state index contributed by atoms with van der Waals surface area (Å²) in [5.74, 6) is 0.923. The summed E-state index contributed by atoms with van der Waals surface area (Å²) in [4.78, 5) is 12.8. The van der Waals surface area contributed by atoms with Gasteiger partial charge >= 0.3 is 0 Å². The van der Waals surface area contributed by atoms with Gasteiger partial charge < -0.3 is 34.5 Å². The number of ether oxygens (including phenoxy) is 2. The molecule has 4 heterocycles. The van der Waals surface area contributed by atoms with Gasteiger partial charge in [0.2, 0.25) is 0 Å². The van der Waals surface area contributed by atoms with Crippen LogP contribution >= 0.6 is 0 Å². The van der Waals surface area contributed by atoms with Gasteiger partial charge in [0.15, 0.2) is 28.5 Å². The van der Waals surface area contributed by atoms with E-state index < -0.39 is 18.4 Å². The maximum atomic E-state index is 9.94. The van der Waals surface area contributed by atoms with E-state index in [1.165, 1.54) is 19.5 Å². The summed E-state index contributed by atoms with van der Waals surface area (Å²) < 4.78 is 17.6. The second-order valence-electron chi connectivity index (χ2n) is 6.09. The number of nitrogens with one attached hydrogen (secondary N) is 1. The predicted molar refractivity (Wildman–Crippen MR) is 91.2 cm³/mol. The number of furan rings is 1. The average molecular weight is 377 g/mol. The minimum atomic E-state index is -0.756. The SMILES string of the molecule is COc1cc(O)c(CNc2ncnc3c2ncn3C2C[C@H](O)[C@@H](CO)O2)o1. The molecule has 1 saturated heterocycles. The molecule has 0 aliphatic carbocycles. The molecule has 0 radical (unpaired) electrons. The number of methoxy groups -OCH3 is 1. The van der Waals surface area contributed by atoms with Crippen LogP contribution in [0.1, 0.15) is 18.4 Å². The molecule has 3 atom stereocenters. The molecule has 0 bridgehead atoms. The normalized spacial score (nSPS) is 22.4. The van der Waals surface area contributed by atoms with Crippen LogP contribution in [-0.4, -0.2) is 60.8 Å². The molecule has 27 heavy (non-hydrogen) atoms. The Kier molecular flexibility index (Phi) is 4.56. The number of aliphatic hydroxyl groups excluding tert-OH is 2. The predicted octanol–water partition coefficient (Wildman–Crippen LogP) is 0.386. The van der Waals surface area contributed by atoms with Crippen molar-refractivity contribution in [1.82, 2.24) is 19.5 Å². The standard InChI is InChI=1S/C16H19N5O6/c1-25-13-3-9(24)10(27-13)4-17-15-14-16(19-6-18-15)21(7-20-14)12-2-8(23)11(5-22)26-12/h3,6-8,11-12,22-24H,2,4-5H2,1H3,(H,17,18,19)/t8-,11+,12?/m0/s1. The van der Waals surface area contributed by atoms with E-state index in [2.05, 4.69) is 20.3 Å². The lowest BCUT2D eigenvalue weighted by Gasteiger charge is -2.13. The van der Waals surface area contributed by atoms with Crippen molar-refractivity contribution in [3.8, 4) is 11.7 Å². The zero-order valence-electron chi connectivity index (χ0n) is 14.4. The van der Waals surface area contributed by atoms with Crippen molar-refractivity contribution in [3.05, 3.63) is 24.5 Å². The zero-order valence-corrected chi connectivity index (χ0v) is 14.4. The fourth-order valence-corrected chi connectivity index (χ4v) is 3.03. The molecule has 11 heteroatoms. The van der Waals surface area contributed by atoms with E-state index in [1.807, 2.05) is 0 Å². The Labute approximate surface area is 153 Å². The summed E-state index contributed by atoms with van der Waals surface area (Å²) in [7, 11) is 1.44. The van der Waals surface area contributed by atoms with Crippen molar-refractivity contribution in [2.45, 2.75) is 31.4 Å². The van der Waals surface area contributed by atoms with Crippen LogP contribution in [0.2, 0.25) is 0 Å². The van der Waals surface area contributed by atoms with Gasteiger partial charge in [-0.05, 0) is 0 Å². The van der Waals surface area contributed by atoms with Crippen LogP contribution in [0.25, 0.3) is 11.2 Å². The number of nitrogens with zero attached hydrogens (tertiary/aromatic N) is 4. The highest BCUT2D eigenvalue weighted by Crippen LogP contribution is 2.32. The van der Waals surface area contributed by atoms with Gasteiger partial charge in [0.05, 0.1) is 38.8 Å². The first-order valence-corrected chi connectivity index (χ1v) is 8.32. The smallest absolute Gasteiger partial charge is 0.288 e. The third-order valence-electron chi connectivity index (χ3n) is 4.43. The van der Waals surface area contributed by atoms with Crippen molar-refractivity contribution >= 4 is 17.0 Å². The van der Waals surface area contributed by atoms with Crippen LogP contribution in [0.5, 0.6) is 11.7 Å². The molecule has 4 rings (SSSR count). The van der Waals surface area contributed by atoms with Gasteiger partial charge in [0.1, 0.15) is 18.7 Å². The molecule has 1 fully saturated rings. The Bertz CT molecular complexity index is 941. The Hall–Kier alpha value is -2.89. The summed E-state index contributed by atoms with van der Waals surface area (Å²) in [6.45, 7) is -0.0957. The molecule has 11 nitrogen and oxygen atoms in total. The van der Waals surface area contributed by atoms with Gasteiger partial charge in [-0.3, -0.25) is 4.57 Å². The third kappa shape index (κ3) is 3.16. The molecule has 1 aliphatic heterocycles. The van der Waals surface area contributed by atoms with Crippen LogP contribution in [0.3, 0.4) is 0 Å². The fourth-order valence-electron chi connectivity index (χ4n) is 3.03. The third-order valence-corrected chi connectivity index (χ3v) is 4.43. The topological polar surface area (TPSA) is 148 Å². The van der Waals surface area contributed by atoms with Gasteiger partial charge in [-0.25, -0.2) is 15.0 Å². The Morgan fingerprint density at radius 1 is 1.37 bits per heavy atom. The van der Waals surface area contributed by atoms with E-state index in [-0.39, 0.29) is 24.8 Å².